The predicted molar refractivity (Wildman–Crippen MR) is 65.2 cm³/mol. The van der Waals surface area contributed by atoms with Gasteiger partial charge in [-0.2, -0.15) is 0 Å². The minimum Gasteiger partial charge on any atom is -0.495 e. The molecular weight excluding hydrogens is 208 g/mol. The Balaban J connectivity index is 2.66. The maximum absolute atomic E-state index is 5.60. The van der Waals surface area contributed by atoms with E-state index in [9.17, 15) is 0 Å². The quantitative estimate of drug-likeness (QED) is 0.545. The minimum absolute atomic E-state index is 0.776. The Labute approximate surface area is 96.0 Å². The van der Waals surface area contributed by atoms with Crippen molar-refractivity contribution in [1.29, 1.82) is 0 Å². The average molecular weight is 226 g/mol. The van der Waals surface area contributed by atoms with Crippen LogP contribution >= 0.6 is 11.8 Å². The molecule has 0 saturated heterocycles. The Hall–Kier alpha value is -0.830. The minimum atomic E-state index is 0.776. The topological polar surface area (TPSA) is 18.5 Å². The van der Waals surface area contributed by atoms with Crippen molar-refractivity contribution < 1.29 is 9.47 Å². The Morgan fingerprint density at radius 1 is 1.33 bits per heavy atom. The van der Waals surface area contributed by atoms with Crippen molar-refractivity contribution >= 4 is 11.8 Å². The van der Waals surface area contributed by atoms with Crippen molar-refractivity contribution in [3.05, 3.63) is 18.2 Å². The second-order valence-electron chi connectivity index (χ2n) is 3.22. The average Bonchev–Trinajstić information content (AvgIpc) is 2.29. The lowest BCUT2D eigenvalue weighted by Gasteiger charge is -2.09. The summed E-state index contributed by atoms with van der Waals surface area (Å²) in [7, 11) is 1.69. The van der Waals surface area contributed by atoms with Crippen LogP contribution in [0.1, 0.15) is 19.8 Å². The molecule has 0 aliphatic carbocycles. The number of methoxy groups -OCH3 is 1. The molecule has 0 bridgehead atoms. The number of benzene rings is 1. The van der Waals surface area contributed by atoms with Crippen LogP contribution in [0, 0.1) is 0 Å². The molecule has 1 rings (SSSR count). The first-order valence-corrected chi connectivity index (χ1v) is 6.39. The van der Waals surface area contributed by atoms with Crippen molar-refractivity contribution in [2.45, 2.75) is 24.7 Å². The lowest BCUT2D eigenvalue weighted by atomic mass is 10.3. The van der Waals surface area contributed by atoms with Gasteiger partial charge in [-0.05, 0) is 24.8 Å². The SMILES string of the molecule is CCCCOc1ccc(SC)c(OC)c1. The van der Waals surface area contributed by atoms with Crippen molar-refractivity contribution in [3.8, 4) is 11.5 Å². The summed E-state index contributed by atoms with van der Waals surface area (Å²) in [5, 5.41) is 0. The Kier molecular flexibility index (Phi) is 5.40. The van der Waals surface area contributed by atoms with Gasteiger partial charge in [-0.25, -0.2) is 0 Å². The maximum atomic E-state index is 5.60. The molecule has 1 aromatic carbocycles. The number of hydrogen-bond donors (Lipinski definition) is 0. The molecule has 84 valence electrons. The Bertz CT molecular complexity index is 300. The van der Waals surface area contributed by atoms with Gasteiger partial charge in [0, 0.05) is 11.0 Å². The van der Waals surface area contributed by atoms with E-state index in [0.717, 1.165) is 35.8 Å². The van der Waals surface area contributed by atoms with Crippen molar-refractivity contribution in [1.82, 2.24) is 0 Å². The van der Waals surface area contributed by atoms with Crippen molar-refractivity contribution in [2.24, 2.45) is 0 Å². The van der Waals surface area contributed by atoms with E-state index in [0.29, 0.717) is 0 Å². The van der Waals surface area contributed by atoms with Crippen LogP contribution in [-0.2, 0) is 0 Å². The van der Waals surface area contributed by atoms with Crippen molar-refractivity contribution in [2.75, 3.05) is 20.0 Å². The molecule has 0 spiro atoms. The van der Waals surface area contributed by atoms with Gasteiger partial charge in [-0.1, -0.05) is 13.3 Å². The van der Waals surface area contributed by atoms with Gasteiger partial charge in [0.15, 0.2) is 0 Å². The summed E-state index contributed by atoms with van der Waals surface area (Å²) >= 11 is 1.68. The molecule has 0 fully saturated rings. The lowest BCUT2D eigenvalue weighted by molar-refractivity contribution is 0.306. The van der Waals surface area contributed by atoms with Gasteiger partial charge < -0.3 is 9.47 Å². The highest BCUT2D eigenvalue weighted by Gasteiger charge is 2.03. The third-order valence-corrected chi connectivity index (χ3v) is 2.90. The number of thioether (sulfide) groups is 1. The van der Waals surface area contributed by atoms with E-state index in [1.807, 2.05) is 24.5 Å². The molecule has 0 aliphatic rings. The molecule has 3 heteroatoms. The number of hydrogen-bond acceptors (Lipinski definition) is 3. The van der Waals surface area contributed by atoms with Crippen LogP contribution in [-0.4, -0.2) is 20.0 Å². The molecule has 0 heterocycles. The highest BCUT2D eigenvalue weighted by Crippen LogP contribution is 2.31. The highest BCUT2D eigenvalue weighted by atomic mass is 32.2. The second kappa shape index (κ2) is 6.62. The summed E-state index contributed by atoms with van der Waals surface area (Å²) in [6.45, 7) is 2.93. The van der Waals surface area contributed by atoms with Gasteiger partial charge in [0.1, 0.15) is 11.5 Å². The summed E-state index contributed by atoms with van der Waals surface area (Å²) < 4.78 is 10.9. The second-order valence-corrected chi connectivity index (χ2v) is 4.07. The van der Waals surface area contributed by atoms with E-state index in [1.165, 1.54) is 0 Å². The molecule has 1 aromatic rings. The Morgan fingerprint density at radius 3 is 2.73 bits per heavy atom. The van der Waals surface area contributed by atoms with Crippen LogP contribution in [0.5, 0.6) is 11.5 Å². The first-order chi connectivity index (χ1) is 7.31. The smallest absolute Gasteiger partial charge is 0.136 e. The van der Waals surface area contributed by atoms with Gasteiger partial charge >= 0.3 is 0 Å². The zero-order chi connectivity index (χ0) is 11.1. The van der Waals surface area contributed by atoms with E-state index in [-0.39, 0.29) is 0 Å². The van der Waals surface area contributed by atoms with E-state index in [2.05, 4.69) is 6.92 Å². The first-order valence-electron chi connectivity index (χ1n) is 5.16. The fourth-order valence-electron chi connectivity index (χ4n) is 1.24. The lowest BCUT2D eigenvalue weighted by Crippen LogP contribution is -1.97. The molecule has 0 amide bonds. The molecule has 0 aromatic heterocycles. The molecule has 0 aliphatic heterocycles. The maximum Gasteiger partial charge on any atom is 0.136 e. The predicted octanol–water partition coefficient (Wildman–Crippen LogP) is 3.60. The van der Waals surface area contributed by atoms with Crippen LogP contribution in [0.15, 0.2) is 23.1 Å². The van der Waals surface area contributed by atoms with Crippen molar-refractivity contribution in [3.63, 3.8) is 0 Å². The fourth-order valence-corrected chi connectivity index (χ4v) is 1.79. The standard InChI is InChI=1S/C12H18O2S/c1-4-5-8-14-10-6-7-12(15-3)11(9-10)13-2/h6-7,9H,4-5,8H2,1-3H3. The van der Waals surface area contributed by atoms with E-state index in [1.54, 1.807) is 18.9 Å². The number of unbranched alkanes of at least 4 members (excludes halogenated alkanes) is 1. The van der Waals surface area contributed by atoms with Gasteiger partial charge in [0.05, 0.1) is 13.7 Å². The summed E-state index contributed by atoms with van der Waals surface area (Å²) in [5.41, 5.74) is 0. The third kappa shape index (κ3) is 3.67. The fraction of sp³-hybridized carbons (Fsp3) is 0.500. The normalized spacial score (nSPS) is 10.1. The van der Waals surface area contributed by atoms with E-state index < -0.39 is 0 Å². The molecule has 15 heavy (non-hydrogen) atoms. The van der Waals surface area contributed by atoms with E-state index >= 15 is 0 Å². The van der Waals surface area contributed by atoms with Crippen LogP contribution in [0.3, 0.4) is 0 Å². The van der Waals surface area contributed by atoms with E-state index in [4.69, 9.17) is 9.47 Å². The molecular formula is C12H18O2S. The molecule has 2 nitrogen and oxygen atoms in total. The summed E-state index contributed by atoms with van der Waals surface area (Å²) in [6, 6.07) is 5.97. The van der Waals surface area contributed by atoms with Gasteiger partial charge in [0.25, 0.3) is 0 Å². The monoisotopic (exact) mass is 226 g/mol. The zero-order valence-corrected chi connectivity index (χ0v) is 10.4. The number of rotatable bonds is 6. The summed E-state index contributed by atoms with van der Waals surface area (Å²) in [6.07, 6.45) is 4.28. The first kappa shape index (κ1) is 12.2. The summed E-state index contributed by atoms with van der Waals surface area (Å²) in [4.78, 5) is 1.14. The van der Waals surface area contributed by atoms with Crippen LogP contribution in [0.2, 0.25) is 0 Å². The van der Waals surface area contributed by atoms with Gasteiger partial charge in [-0.3, -0.25) is 0 Å². The Morgan fingerprint density at radius 2 is 2.13 bits per heavy atom. The van der Waals surface area contributed by atoms with Crippen LogP contribution < -0.4 is 9.47 Å². The van der Waals surface area contributed by atoms with Crippen LogP contribution in [0.4, 0.5) is 0 Å². The third-order valence-electron chi connectivity index (χ3n) is 2.12. The molecule has 0 atom stereocenters. The highest BCUT2D eigenvalue weighted by molar-refractivity contribution is 7.98. The zero-order valence-electron chi connectivity index (χ0n) is 9.58. The molecule has 0 N–H and O–H groups in total. The molecule has 0 unspecified atom stereocenters. The largest absolute Gasteiger partial charge is 0.495 e. The van der Waals surface area contributed by atoms with Gasteiger partial charge in [-0.15, -0.1) is 11.8 Å². The molecule has 0 radical (unpaired) electrons. The van der Waals surface area contributed by atoms with Gasteiger partial charge in [0.2, 0.25) is 0 Å². The summed E-state index contributed by atoms with van der Waals surface area (Å²) in [5.74, 6) is 1.77. The molecule has 0 saturated carbocycles. The van der Waals surface area contributed by atoms with Crippen LogP contribution in [0.25, 0.3) is 0 Å². The number of ether oxygens (including phenoxy) is 2.